The topological polar surface area (TPSA) is 88.2 Å². The predicted molar refractivity (Wildman–Crippen MR) is 63.0 cm³/mol. The van der Waals surface area contributed by atoms with Crippen LogP contribution in [0.5, 0.6) is 0 Å². The molecule has 18 heavy (non-hydrogen) atoms. The van der Waals surface area contributed by atoms with Crippen LogP contribution in [0.2, 0.25) is 0 Å². The molecule has 0 aliphatic carbocycles. The van der Waals surface area contributed by atoms with Crippen molar-refractivity contribution < 1.29 is 14.3 Å². The summed E-state index contributed by atoms with van der Waals surface area (Å²) in [5.74, 6) is -0.478. The standard InChI is InChI=1S/C12H13N3O3/c1-8-9(4-11(18-8)12(16)17)5-14-6-10-2-3-13-7-15-10/h2-4,7,14H,5-6H2,1H3,(H,16,17). The van der Waals surface area contributed by atoms with Gasteiger partial charge in [-0.05, 0) is 19.1 Å². The normalized spacial score (nSPS) is 10.5. The van der Waals surface area contributed by atoms with Crippen LogP contribution in [0.25, 0.3) is 0 Å². The number of aromatic carboxylic acids is 1. The van der Waals surface area contributed by atoms with Crippen molar-refractivity contribution in [3.63, 3.8) is 0 Å². The van der Waals surface area contributed by atoms with Gasteiger partial charge >= 0.3 is 5.97 Å². The average Bonchev–Trinajstić information content (AvgIpc) is 2.73. The van der Waals surface area contributed by atoms with Crippen molar-refractivity contribution in [1.29, 1.82) is 0 Å². The molecule has 0 atom stereocenters. The van der Waals surface area contributed by atoms with Gasteiger partial charge in [0.1, 0.15) is 12.1 Å². The second-order valence-corrected chi connectivity index (χ2v) is 3.80. The van der Waals surface area contributed by atoms with E-state index in [2.05, 4.69) is 15.3 Å². The molecule has 2 heterocycles. The number of nitrogens with zero attached hydrogens (tertiary/aromatic N) is 2. The lowest BCUT2D eigenvalue weighted by Gasteiger charge is -2.02. The second-order valence-electron chi connectivity index (χ2n) is 3.80. The molecule has 0 bridgehead atoms. The summed E-state index contributed by atoms with van der Waals surface area (Å²) in [5.41, 5.74) is 1.71. The third kappa shape index (κ3) is 2.92. The molecule has 6 nitrogen and oxygen atoms in total. The lowest BCUT2D eigenvalue weighted by molar-refractivity contribution is 0.0661. The summed E-state index contributed by atoms with van der Waals surface area (Å²) >= 11 is 0. The zero-order chi connectivity index (χ0) is 13.0. The molecule has 0 amide bonds. The Labute approximate surface area is 104 Å². The van der Waals surface area contributed by atoms with Crippen LogP contribution < -0.4 is 5.32 Å². The highest BCUT2D eigenvalue weighted by Gasteiger charge is 2.12. The van der Waals surface area contributed by atoms with E-state index in [-0.39, 0.29) is 5.76 Å². The Kier molecular flexibility index (Phi) is 3.69. The quantitative estimate of drug-likeness (QED) is 0.829. The average molecular weight is 247 g/mol. The van der Waals surface area contributed by atoms with E-state index in [4.69, 9.17) is 9.52 Å². The maximum Gasteiger partial charge on any atom is 0.371 e. The first kappa shape index (κ1) is 12.3. The van der Waals surface area contributed by atoms with Crippen molar-refractivity contribution in [3.8, 4) is 0 Å². The third-order valence-corrected chi connectivity index (χ3v) is 2.50. The number of hydrogen-bond acceptors (Lipinski definition) is 5. The molecule has 2 rings (SSSR count). The van der Waals surface area contributed by atoms with Gasteiger partial charge in [-0.15, -0.1) is 0 Å². The summed E-state index contributed by atoms with van der Waals surface area (Å²) in [6, 6.07) is 3.35. The van der Waals surface area contributed by atoms with Crippen molar-refractivity contribution in [2.24, 2.45) is 0 Å². The van der Waals surface area contributed by atoms with E-state index in [0.717, 1.165) is 11.3 Å². The van der Waals surface area contributed by atoms with Crippen molar-refractivity contribution in [3.05, 3.63) is 47.4 Å². The zero-order valence-corrected chi connectivity index (χ0v) is 9.88. The van der Waals surface area contributed by atoms with E-state index < -0.39 is 5.97 Å². The number of carboxylic acids is 1. The van der Waals surface area contributed by atoms with E-state index in [9.17, 15) is 4.79 Å². The molecular weight excluding hydrogens is 234 g/mol. The monoisotopic (exact) mass is 247 g/mol. The van der Waals surface area contributed by atoms with Gasteiger partial charge in [0.05, 0.1) is 5.69 Å². The number of hydrogen-bond donors (Lipinski definition) is 2. The Morgan fingerprint density at radius 1 is 1.50 bits per heavy atom. The van der Waals surface area contributed by atoms with Gasteiger partial charge in [-0.3, -0.25) is 0 Å². The molecule has 0 aliphatic heterocycles. The van der Waals surface area contributed by atoms with Crippen LogP contribution >= 0.6 is 0 Å². The molecule has 0 radical (unpaired) electrons. The minimum Gasteiger partial charge on any atom is -0.475 e. The van der Waals surface area contributed by atoms with Gasteiger partial charge in [-0.2, -0.15) is 0 Å². The molecule has 0 aliphatic rings. The van der Waals surface area contributed by atoms with E-state index in [1.165, 1.54) is 12.4 Å². The number of aryl methyl sites for hydroxylation is 1. The molecule has 6 heteroatoms. The molecule has 2 aromatic heterocycles. The fourth-order valence-electron chi connectivity index (χ4n) is 1.55. The van der Waals surface area contributed by atoms with Crippen molar-refractivity contribution >= 4 is 5.97 Å². The van der Waals surface area contributed by atoms with Crippen LogP contribution in [0.4, 0.5) is 0 Å². The summed E-state index contributed by atoms with van der Waals surface area (Å²) in [6.07, 6.45) is 3.16. The predicted octanol–water partition coefficient (Wildman–Crippen LogP) is 1.37. The van der Waals surface area contributed by atoms with Crippen molar-refractivity contribution in [2.45, 2.75) is 20.0 Å². The summed E-state index contributed by atoms with van der Waals surface area (Å²) in [4.78, 5) is 18.6. The number of nitrogens with one attached hydrogen (secondary N) is 1. The van der Waals surface area contributed by atoms with Gasteiger partial charge in [0.2, 0.25) is 5.76 Å². The van der Waals surface area contributed by atoms with Crippen molar-refractivity contribution in [1.82, 2.24) is 15.3 Å². The first-order valence-electron chi connectivity index (χ1n) is 5.45. The molecule has 0 spiro atoms. The van der Waals surface area contributed by atoms with Crippen LogP contribution in [0.15, 0.2) is 29.1 Å². The highest BCUT2D eigenvalue weighted by molar-refractivity contribution is 5.84. The second kappa shape index (κ2) is 5.42. The summed E-state index contributed by atoms with van der Waals surface area (Å²) in [5, 5.41) is 12.0. The minimum absolute atomic E-state index is 0.0358. The summed E-state index contributed by atoms with van der Waals surface area (Å²) in [7, 11) is 0. The first-order valence-corrected chi connectivity index (χ1v) is 5.45. The molecule has 94 valence electrons. The smallest absolute Gasteiger partial charge is 0.371 e. The van der Waals surface area contributed by atoms with Crippen LogP contribution in [0, 0.1) is 6.92 Å². The van der Waals surface area contributed by atoms with Crippen LogP contribution in [0.1, 0.15) is 27.6 Å². The number of furan rings is 1. The first-order chi connectivity index (χ1) is 8.66. The molecule has 0 saturated heterocycles. The summed E-state index contributed by atoms with van der Waals surface area (Å²) in [6.45, 7) is 2.87. The molecular formula is C12H13N3O3. The minimum atomic E-state index is -1.06. The zero-order valence-electron chi connectivity index (χ0n) is 9.88. The van der Waals surface area contributed by atoms with Crippen LogP contribution in [-0.2, 0) is 13.1 Å². The highest BCUT2D eigenvalue weighted by atomic mass is 16.4. The number of carbonyl (C=O) groups is 1. The Hall–Kier alpha value is -2.21. The van der Waals surface area contributed by atoms with Gasteiger partial charge < -0.3 is 14.8 Å². The largest absolute Gasteiger partial charge is 0.475 e. The highest BCUT2D eigenvalue weighted by Crippen LogP contribution is 2.14. The fourth-order valence-corrected chi connectivity index (χ4v) is 1.55. The van der Waals surface area contributed by atoms with Gasteiger partial charge in [-0.25, -0.2) is 14.8 Å². The maximum atomic E-state index is 10.7. The Bertz CT molecular complexity index is 537. The SMILES string of the molecule is Cc1oc(C(=O)O)cc1CNCc1ccncn1. The van der Waals surface area contributed by atoms with E-state index >= 15 is 0 Å². The van der Waals surface area contributed by atoms with Gasteiger partial charge in [0.15, 0.2) is 0 Å². The van der Waals surface area contributed by atoms with Gasteiger partial charge in [0.25, 0.3) is 0 Å². The Balaban J connectivity index is 1.92. The Morgan fingerprint density at radius 2 is 2.33 bits per heavy atom. The van der Waals surface area contributed by atoms with E-state index in [0.29, 0.717) is 18.8 Å². The molecule has 2 N–H and O–H groups in total. The van der Waals surface area contributed by atoms with Gasteiger partial charge in [-0.1, -0.05) is 0 Å². The lowest BCUT2D eigenvalue weighted by Crippen LogP contribution is -2.13. The number of carboxylic acid groups (broad SMARTS) is 1. The third-order valence-electron chi connectivity index (χ3n) is 2.50. The molecule has 2 aromatic rings. The molecule has 0 aromatic carbocycles. The van der Waals surface area contributed by atoms with Crippen LogP contribution in [0.3, 0.4) is 0 Å². The number of aromatic nitrogens is 2. The maximum absolute atomic E-state index is 10.7. The van der Waals surface area contributed by atoms with Crippen molar-refractivity contribution in [2.75, 3.05) is 0 Å². The fraction of sp³-hybridized carbons (Fsp3) is 0.250. The lowest BCUT2D eigenvalue weighted by atomic mass is 10.2. The van der Waals surface area contributed by atoms with E-state index in [1.807, 2.05) is 6.07 Å². The summed E-state index contributed by atoms with van der Waals surface area (Å²) < 4.78 is 5.11. The van der Waals surface area contributed by atoms with Gasteiger partial charge in [0, 0.05) is 24.8 Å². The molecule has 0 unspecified atom stereocenters. The molecule has 0 fully saturated rings. The molecule has 0 saturated carbocycles. The van der Waals surface area contributed by atoms with Crippen LogP contribution in [-0.4, -0.2) is 21.0 Å². The number of rotatable bonds is 5. The van der Waals surface area contributed by atoms with E-state index in [1.54, 1.807) is 13.1 Å². The Morgan fingerprint density at radius 3 is 2.94 bits per heavy atom.